The van der Waals surface area contributed by atoms with Crippen molar-refractivity contribution in [2.45, 2.75) is 32.6 Å². The number of nitrogens with one attached hydrogen (secondary N) is 1. The molecule has 0 saturated carbocycles. The summed E-state index contributed by atoms with van der Waals surface area (Å²) >= 11 is 3.40. The molecule has 1 N–H and O–H groups in total. The number of amides is 3. The fourth-order valence-electron chi connectivity index (χ4n) is 4.00. The van der Waals surface area contributed by atoms with Crippen LogP contribution in [0.3, 0.4) is 0 Å². The van der Waals surface area contributed by atoms with Crippen LogP contribution < -0.4 is 5.32 Å². The third-order valence-electron chi connectivity index (χ3n) is 5.89. The van der Waals surface area contributed by atoms with E-state index in [1.807, 2.05) is 54.6 Å². The van der Waals surface area contributed by atoms with Crippen LogP contribution >= 0.6 is 15.9 Å². The Morgan fingerprint density at radius 3 is 2.53 bits per heavy atom. The molecule has 1 atom stereocenters. The number of rotatable bonds is 9. The van der Waals surface area contributed by atoms with E-state index in [1.165, 1.54) is 0 Å². The third-order valence-corrected chi connectivity index (χ3v) is 6.41. The lowest BCUT2D eigenvalue weighted by atomic mass is 9.98. The van der Waals surface area contributed by atoms with Crippen molar-refractivity contribution >= 4 is 39.5 Å². The highest BCUT2D eigenvalue weighted by Crippen LogP contribution is 2.19. The van der Waals surface area contributed by atoms with Crippen LogP contribution in [0.4, 0.5) is 10.5 Å². The molecule has 8 heteroatoms. The minimum Gasteiger partial charge on any atom is -0.466 e. The van der Waals surface area contributed by atoms with E-state index in [2.05, 4.69) is 21.2 Å². The van der Waals surface area contributed by atoms with Gasteiger partial charge < -0.3 is 19.9 Å². The van der Waals surface area contributed by atoms with Gasteiger partial charge in [-0.2, -0.15) is 0 Å². The van der Waals surface area contributed by atoms with Crippen molar-refractivity contribution in [3.05, 3.63) is 64.6 Å². The van der Waals surface area contributed by atoms with Crippen molar-refractivity contribution in [2.75, 3.05) is 38.1 Å². The molecule has 7 nitrogen and oxygen atoms in total. The average molecular weight is 530 g/mol. The molecule has 1 saturated heterocycles. The highest BCUT2D eigenvalue weighted by molar-refractivity contribution is 9.10. The normalized spacial score (nSPS) is 15.5. The topological polar surface area (TPSA) is 79.0 Å². The maximum atomic E-state index is 13.0. The summed E-state index contributed by atoms with van der Waals surface area (Å²) in [5, 5.41) is 2.92. The molecule has 3 amide bonds. The Bertz CT molecular complexity index is 952. The Morgan fingerprint density at radius 2 is 1.82 bits per heavy atom. The summed E-state index contributed by atoms with van der Waals surface area (Å²) in [6.45, 7) is 3.93. The molecular formula is C26H32BrN3O4. The van der Waals surface area contributed by atoms with Gasteiger partial charge in [0.25, 0.3) is 0 Å². The number of nitrogens with zero attached hydrogens (tertiary/aromatic N) is 2. The molecule has 1 fully saturated rings. The summed E-state index contributed by atoms with van der Waals surface area (Å²) in [6, 6.07) is 17.1. The van der Waals surface area contributed by atoms with Gasteiger partial charge in [0.1, 0.15) is 0 Å². The maximum Gasteiger partial charge on any atom is 0.321 e. The maximum absolute atomic E-state index is 13.0. The molecule has 0 aliphatic carbocycles. The highest BCUT2D eigenvalue weighted by Gasteiger charge is 2.29. The number of likely N-dealkylation sites (tertiary alicyclic amines) is 1. The van der Waals surface area contributed by atoms with Crippen molar-refractivity contribution in [3.63, 3.8) is 0 Å². The highest BCUT2D eigenvalue weighted by atomic mass is 79.9. The Kier molecular flexibility index (Phi) is 9.94. The first-order chi connectivity index (χ1) is 16.5. The number of ether oxygens (including phenoxy) is 1. The number of carbonyl (C=O) groups excluding carboxylic acids is 3. The van der Waals surface area contributed by atoms with Crippen molar-refractivity contribution in [1.82, 2.24) is 9.80 Å². The lowest BCUT2D eigenvalue weighted by molar-refractivity contribution is -0.151. The Balaban J connectivity index is 1.60. The van der Waals surface area contributed by atoms with Crippen LogP contribution in [-0.4, -0.2) is 60.5 Å². The SMILES string of the molecule is CCOC(=O)C1CCCN(C(=O)CCN(CCc2ccccc2)C(=O)Nc2ccc(Br)cc2)C1. The molecule has 1 aliphatic heterocycles. The second-order valence-corrected chi connectivity index (χ2v) is 9.26. The number of urea groups is 1. The lowest BCUT2D eigenvalue weighted by Crippen LogP contribution is -2.44. The fraction of sp³-hybridized carbons (Fsp3) is 0.423. The third kappa shape index (κ3) is 7.87. The first-order valence-electron chi connectivity index (χ1n) is 11.8. The zero-order chi connectivity index (χ0) is 24.3. The summed E-state index contributed by atoms with van der Waals surface area (Å²) in [6.07, 6.45) is 2.41. The van der Waals surface area contributed by atoms with Crippen LogP contribution in [0.5, 0.6) is 0 Å². The minimum absolute atomic E-state index is 0.0462. The molecule has 182 valence electrons. The fourth-order valence-corrected chi connectivity index (χ4v) is 4.27. The van der Waals surface area contributed by atoms with Crippen LogP contribution in [-0.2, 0) is 20.7 Å². The molecule has 0 spiro atoms. The Morgan fingerprint density at radius 1 is 1.09 bits per heavy atom. The second kappa shape index (κ2) is 13.1. The van der Waals surface area contributed by atoms with E-state index < -0.39 is 0 Å². The van der Waals surface area contributed by atoms with Gasteiger partial charge in [-0.3, -0.25) is 9.59 Å². The van der Waals surface area contributed by atoms with Crippen LogP contribution in [0.25, 0.3) is 0 Å². The molecule has 1 heterocycles. The number of piperidine rings is 1. The predicted molar refractivity (Wildman–Crippen MR) is 135 cm³/mol. The van der Waals surface area contributed by atoms with Gasteiger partial charge in [0.05, 0.1) is 12.5 Å². The van der Waals surface area contributed by atoms with E-state index in [4.69, 9.17) is 4.74 Å². The molecule has 0 aromatic heterocycles. The molecular weight excluding hydrogens is 498 g/mol. The van der Waals surface area contributed by atoms with Gasteiger partial charge in [-0.1, -0.05) is 46.3 Å². The molecule has 2 aromatic carbocycles. The van der Waals surface area contributed by atoms with Crippen LogP contribution in [0.2, 0.25) is 0 Å². The van der Waals surface area contributed by atoms with E-state index in [1.54, 1.807) is 16.7 Å². The van der Waals surface area contributed by atoms with Crippen molar-refractivity contribution < 1.29 is 19.1 Å². The van der Waals surface area contributed by atoms with Gasteiger partial charge in [0.15, 0.2) is 0 Å². The smallest absolute Gasteiger partial charge is 0.321 e. The van der Waals surface area contributed by atoms with E-state index in [0.29, 0.717) is 44.9 Å². The van der Waals surface area contributed by atoms with Gasteiger partial charge in [0.2, 0.25) is 5.91 Å². The number of halogens is 1. The standard InChI is InChI=1S/C26H32BrN3O4/c1-2-34-25(32)21-9-6-16-30(19-21)24(31)15-18-29(17-14-20-7-4-3-5-8-20)26(33)28-23-12-10-22(27)11-13-23/h3-5,7-8,10-13,21H,2,6,9,14-19H2,1H3,(H,28,33). The quantitative estimate of drug-likeness (QED) is 0.476. The molecule has 34 heavy (non-hydrogen) atoms. The molecule has 0 bridgehead atoms. The van der Waals surface area contributed by atoms with Gasteiger partial charge in [-0.05, 0) is 56.0 Å². The first kappa shape index (κ1) is 25.7. The summed E-state index contributed by atoms with van der Waals surface area (Å²) in [4.78, 5) is 41.5. The van der Waals surface area contributed by atoms with Gasteiger partial charge in [0, 0.05) is 42.8 Å². The second-order valence-electron chi connectivity index (χ2n) is 8.34. The van der Waals surface area contributed by atoms with E-state index in [-0.39, 0.29) is 30.2 Å². The average Bonchev–Trinajstić information content (AvgIpc) is 2.86. The van der Waals surface area contributed by atoms with E-state index >= 15 is 0 Å². The van der Waals surface area contributed by atoms with Crippen molar-refractivity contribution in [3.8, 4) is 0 Å². The zero-order valence-electron chi connectivity index (χ0n) is 19.5. The van der Waals surface area contributed by atoms with Gasteiger partial charge >= 0.3 is 12.0 Å². The van der Waals surface area contributed by atoms with Crippen molar-refractivity contribution in [1.29, 1.82) is 0 Å². The Hall–Kier alpha value is -2.87. The lowest BCUT2D eigenvalue weighted by Gasteiger charge is -2.32. The predicted octanol–water partition coefficient (Wildman–Crippen LogP) is 4.72. The summed E-state index contributed by atoms with van der Waals surface area (Å²) in [5.74, 6) is -0.555. The van der Waals surface area contributed by atoms with E-state index in [0.717, 1.165) is 22.9 Å². The van der Waals surface area contributed by atoms with Crippen LogP contribution in [0, 0.1) is 5.92 Å². The number of anilines is 1. The summed E-state index contributed by atoms with van der Waals surface area (Å²) in [7, 11) is 0. The molecule has 0 radical (unpaired) electrons. The molecule has 3 rings (SSSR count). The minimum atomic E-state index is -0.271. The number of carbonyl (C=O) groups is 3. The number of hydrogen-bond acceptors (Lipinski definition) is 4. The zero-order valence-corrected chi connectivity index (χ0v) is 21.1. The number of benzene rings is 2. The summed E-state index contributed by atoms with van der Waals surface area (Å²) in [5.41, 5.74) is 1.82. The monoisotopic (exact) mass is 529 g/mol. The van der Waals surface area contributed by atoms with Crippen molar-refractivity contribution in [2.24, 2.45) is 5.92 Å². The number of hydrogen-bond donors (Lipinski definition) is 1. The Labute approximate surface area is 209 Å². The molecule has 2 aromatic rings. The molecule has 1 unspecified atom stereocenters. The first-order valence-corrected chi connectivity index (χ1v) is 12.6. The van der Waals surface area contributed by atoms with Crippen LogP contribution in [0.1, 0.15) is 31.7 Å². The van der Waals surface area contributed by atoms with Gasteiger partial charge in [-0.25, -0.2) is 4.79 Å². The number of esters is 1. The van der Waals surface area contributed by atoms with E-state index in [9.17, 15) is 14.4 Å². The summed E-state index contributed by atoms with van der Waals surface area (Å²) < 4.78 is 6.07. The molecule has 1 aliphatic rings. The van der Waals surface area contributed by atoms with Crippen LogP contribution in [0.15, 0.2) is 59.1 Å². The van der Waals surface area contributed by atoms with Gasteiger partial charge in [-0.15, -0.1) is 0 Å². The largest absolute Gasteiger partial charge is 0.466 e.